The zero-order chi connectivity index (χ0) is 19.5. The number of hydrogen-bond acceptors (Lipinski definition) is 6. The number of carbonyl (C=O) groups excluding carboxylic acids is 1. The number of hydrogen-bond donors (Lipinski definition) is 1. The van der Waals surface area contributed by atoms with Gasteiger partial charge >= 0.3 is 0 Å². The molecule has 0 saturated heterocycles. The van der Waals surface area contributed by atoms with Crippen molar-refractivity contribution in [2.24, 2.45) is 5.41 Å². The zero-order valence-corrected chi connectivity index (χ0v) is 16.6. The van der Waals surface area contributed by atoms with Crippen LogP contribution in [-0.2, 0) is 9.84 Å². The van der Waals surface area contributed by atoms with E-state index in [0.717, 1.165) is 12.8 Å². The third-order valence-electron chi connectivity index (χ3n) is 3.78. The second kappa shape index (κ2) is 7.59. The van der Waals surface area contributed by atoms with Crippen LogP contribution in [0.5, 0.6) is 0 Å². The lowest BCUT2D eigenvalue weighted by Crippen LogP contribution is -2.40. The van der Waals surface area contributed by atoms with Gasteiger partial charge in [0, 0.05) is 31.0 Å². The summed E-state index contributed by atoms with van der Waals surface area (Å²) < 4.78 is 28.2. The van der Waals surface area contributed by atoms with Crippen LogP contribution in [0.2, 0.25) is 0 Å². The van der Waals surface area contributed by atoms with Crippen LogP contribution < -0.4 is 5.32 Å². The highest BCUT2D eigenvalue weighted by Crippen LogP contribution is 2.22. The highest BCUT2D eigenvalue weighted by molar-refractivity contribution is 7.90. The minimum Gasteiger partial charge on any atom is -0.355 e. The normalized spacial score (nSPS) is 12.4. The summed E-state index contributed by atoms with van der Waals surface area (Å²) in [6.45, 7) is 5.50. The Kier molecular flexibility index (Phi) is 5.87. The van der Waals surface area contributed by atoms with Crippen molar-refractivity contribution in [3.05, 3.63) is 36.0 Å². The molecule has 0 atom stereocenters. The number of amides is 1. The van der Waals surface area contributed by atoms with Crippen LogP contribution in [-0.4, -0.2) is 57.8 Å². The third-order valence-corrected chi connectivity index (χ3v) is 4.91. The Hall–Kier alpha value is -2.19. The molecular weight excluding hydrogens is 354 g/mol. The molecule has 26 heavy (non-hydrogen) atoms. The number of nitrogens with one attached hydrogen (secondary N) is 1. The minimum atomic E-state index is -3.25. The molecule has 1 heterocycles. The monoisotopic (exact) mass is 379 g/mol. The molecule has 7 nitrogen and oxygen atoms in total. The Morgan fingerprint density at radius 1 is 1.23 bits per heavy atom. The molecule has 2 aromatic rings. The van der Waals surface area contributed by atoms with Crippen LogP contribution in [0.1, 0.15) is 24.3 Å². The fraction of sp³-hybridized carbons (Fsp3) is 0.444. The van der Waals surface area contributed by atoms with Crippen LogP contribution in [0, 0.1) is 5.41 Å². The molecule has 0 radical (unpaired) electrons. The molecule has 0 saturated carbocycles. The lowest BCUT2D eigenvalue weighted by Gasteiger charge is -2.28. The molecule has 0 aliphatic carbocycles. The summed E-state index contributed by atoms with van der Waals surface area (Å²) >= 11 is 0. The first-order valence-electron chi connectivity index (χ1n) is 8.18. The third kappa shape index (κ3) is 5.40. The van der Waals surface area contributed by atoms with E-state index < -0.39 is 9.84 Å². The van der Waals surface area contributed by atoms with Gasteiger partial charge in [-0.25, -0.2) is 8.42 Å². The zero-order valence-electron chi connectivity index (χ0n) is 15.7. The predicted molar refractivity (Wildman–Crippen MR) is 99.7 cm³/mol. The second-order valence-electron chi connectivity index (χ2n) is 7.46. The number of benzene rings is 1. The largest absolute Gasteiger partial charge is 0.355 e. The first kappa shape index (κ1) is 20.1. The van der Waals surface area contributed by atoms with E-state index in [1.165, 1.54) is 12.1 Å². The van der Waals surface area contributed by atoms with Crippen LogP contribution >= 0.6 is 0 Å². The first-order valence-corrected chi connectivity index (χ1v) is 10.1. The lowest BCUT2D eigenvalue weighted by molar-refractivity contribution is 0.0920. The van der Waals surface area contributed by atoms with Crippen LogP contribution in [0.25, 0.3) is 11.3 Å². The van der Waals surface area contributed by atoms with E-state index in [4.69, 9.17) is 4.52 Å². The number of rotatable bonds is 7. The van der Waals surface area contributed by atoms with Gasteiger partial charge in [0.25, 0.3) is 5.91 Å². The Morgan fingerprint density at radius 2 is 1.85 bits per heavy atom. The van der Waals surface area contributed by atoms with Crippen molar-refractivity contribution in [3.8, 4) is 11.3 Å². The Bertz CT molecular complexity index is 868. The summed E-state index contributed by atoms with van der Waals surface area (Å²) in [4.78, 5) is 14.6. The molecule has 0 unspecified atom stereocenters. The molecule has 0 aliphatic heterocycles. The molecule has 1 aromatic carbocycles. The van der Waals surface area contributed by atoms with Gasteiger partial charge in [-0.3, -0.25) is 4.79 Å². The predicted octanol–water partition coefficient (Wildman–Crippen LogP) is 2.06. The van der Waals surface area contributed by atoms with Crippen molar-refractivity contribution in [1.29, 1.82) is 0 Å². The summed E-state index contributed by atoms with van der Waals surface area (Å²) in [5.41, 5.74) is 0.762. The number of carbonyl (C=O) groups is 1. The maximum absolute atomic E-state index is 12.3. The summed E-state index contributed by atoms with van der Waals surface area (Å²) in [6, 6.07) is 7.79. The van der Waals surface area contributed by atoms with Crippen molar-refractivity contribution < 1.29 is 17.7 Å². The quantitative estimate of drug-likeness (QED) is 0.792. The molecule has 0 spiro atoms. The highest BCUT2D eigenvalue weighted by Gasteiger charge is 2.21. The summed E-state index contributed by atoms with van der Waals surface area (Å²) in [5.74, 6) is 0.0994. The Balaban J connectivity index is 2.06. The van der Waals surface area contributed by atoms with E-state index in [0.29, 0.717) is 17.9 Å². The van der Waals surface area contributed by atoms with Gasteiger partial charge in [-0.15, -0.1) is 0 Å². The van der Waals surface area contributed by atoms with Gasteiger partial charge in [0.2, 0.25) is 0 Å². The molecule has 142 valence electrons. The number of aromatic nitrogens is 1. The van der Waals surface area contributed by atoms with Crippen LogP contribution in [0.3, 0.4) is 0 Å². The fourth-order valence-electron chi connectivity index (χ4n) is 2.71. The molecule has 2 rings (SSSR count). The Morgan fingerprint density at radius 3 is 2.38 bits per heavy atom. The molecule has 0 aliphatic rings. The standard InChI is InChI=1S/C18H25N3O4S/c1-18(2,12-21(3)4)11-19-17(22)15-10-16(25-20-15)13-6-8-14(9-7-13)26(5,23)24/h6-10H,11-12H2,1-5H3,(H,19,22). The maximum atomic E-state index is 12.3. The van der Waals surface area contributed by atoms with E-state index in [2.05, 4.69) is 29.2 Å². The van der Waals surface area contributed by atoms with Gasteiger partial charge in [0.15, 0.2) is 21.3 Å². The Labute approximate surface area is 154 Å². The molecule has 0 fully saturated rings. The molecule has 1 amide bonds. The average molecular weight is 379 g/mol. The summed E-state index contributed by atoms with van der Waals surface area (Å²) in [5, 5.41) is 6.68. The van der Waals surface area contributed by atoms with Gasteiger partial charge in [-0.2, -0.15) is 0 Å². The second-order valence-corrected chi connectivity index (χ2v) is 9.47. The molecule has 8 heteroatoms. The molecule has 1 aromatic heterocycles. The van der Waals surface area contributed by atoms with Gasteiger partial charge in [-0.05, 0) is 43.8 Å². The number of nitrogens with zero attached hydrogens (tertiary/aromatic N) is 2. The number of sulfone groups is 1. The maximum Gasteiger partial charge on any atom is 0.273 e. The molecular formula is C18H25N3O4S. The van der Waals surface area contributed by atoms with Gasteiger partial charge in [-0.1, -0.05) is 19.0 Å². The average Bonchev–Trinajstić information content (AvgIpc) is 3.01. The van der Waals surface area contributed by atoms with Gasteiger partial charge < -0.3 is 14.7 Å². The highest BCUT2D eigenvalue weighted by atomic mass is 32.2. The van der Waals surface area contributed by atoms with Crippen molar-refractivity contribution in [1.82, 2.24) is 15.4 Å². The first-order chi connectivity index (χ1) is 12.0. The summed E-state index contributed by atoms with van der Waals surface area (Å²) in [7, 11) is 0.723. The molecule has 0 bridgehead atoms. The van der Waals surface area contributed by atoms with Crippen molar-refractivity contribution in [2.45, 2.75) is 18.7 Å². The van der Waals surface area contributed by atoms with Crippen molar-refractivity contribution >= 4 is 15.7 Å². The van der Waals surface area contributed by atoms with Crippen LogP contribution in [0.15, 0.2) is 39.8 Å². The van der Waals surface area contributed by atoms with Crippen LogP contribution in [0.4, 0.5) is 0 Å². The van der Waals surface area contributed by atoms with E-state index in [9.17, 15) is 13.2 Å². The van der Waals surface area contributed by atoms with Gasteiger partial charge in [0.05, 0.1) is 4.90 Å². The SMILES string of the molecule is CN(C)CC(C)(C)CNC(=O)c1cc(-c2ccc(S(C)(=O)=O)cc2)on1. The van der Waals surface area contributed by atoms with E-state index in [1.807, 2.05) is 14.1 Å². The van der Waals surface area contributed by atoms with E-state index >= 15 is 0 Å². The van der Waals surface area contributed by atoms with E-state index in [1.54, 1.807) is 18.2 Å². The molecule has 1 N–H and O–H groups in total. The topological polar surface area (TPSA) is 92.5 Å². The van der Waals surface area contributed by atoms with Crippen molar-refractivity contribution in [3.63, 3.8) is 0 Å². The fourth-order valence-corrected chi connectivity index (χ4v) is 3.34. The lowest BCUT2D eigenvalue weighted by atomic mass is 9.93. The smallest absolute Gasteiger partial charge is 0.273 e. The van der Waals surface area contributed by atoms with E-state index in [-0.39, 0.29) is 21.9 Å². The minimum absolute atomic E-state index is 0.0762. The van der Waals surface area contributed by atoms with Crippen molar-refractivity contribution in [2.75, 3.05) is 33.4 Å². The van der Waals surface area contributed by atoms with Gasteiger partial charge in [0.1, 0.15) is 0 Å². The summed E-state index contributed by atoms with van der Waals surface area (Å²) in [6.07, 6.45) is 1.15.